The Morgan fingerprint density at radius 3 is 2.73 bits per heavy atom. The summed E-state index contributed by atoms with van der Waals surface area (Å²) in [6, 6.07) is 1.87. The van der Waals surface area contributed by atoms with Gasteiger partial charge in [0.2, 0.25) is 0 Å². The van der Waals surface area contributed by atoms with Crippen molar-refractivity contribution in [2.45, 2.75) is 19.8 Å². The van der Waals surface area contributed by atoms with Gasteiger partial charge < -0.3 is 15.4 Å². The summed E-state index contributed by atoms with van der Waals surface area (Å²) in [5, 5.41) is 11.7. The first-order chi connectivity index (χ1) is 11.5. The molecule has 3 heterocycles. The fraction of sp³-hybridized carbons (Fsp3) is 0.588. The molecule has 0 saturated carbocycles. The highest BCUT2D eigenvalue weighted by atomic mass is 35.5. The lowest BCUT2D eigenvalue weighted by Crippen LogP contribution is -2.47. The van der Waals surface area contributed by atoms with Gasteiger partial charge in [-0.15, -0.1) is 24.8 Å². The summed E-state index contributed by atoms with van der Waals surface area (Å²) < 4.78 is 7.13. The number of rotatable bonds is 5. The van der Waals surface area contributed by atoms with Gasteiger partial charge in [-0.25, -0.2) is 4.98 Å². The largest absolute Gasteiger partial charge is 0.384 e. The summed E-state index contributed by atoms with van der Waals surface area (Å²) in [5.41, 5.74) is 2.25. The number of hydrogen-bond donors (Lipinski definition) is 2. The van der Waals surface area contributed by atoms with E-state index in [0.29, 0.717) is 18.7 Å². The third kappa shape index (κ3) is 4.65. The average molecular weight is 404 g/mol. The zero-order valence-corrected chi connectivity index (χ0v) is 17.0. The number of methoxy groups -OCH3 is 1. The van der Waals surface area contributed by atoms with Gasteiger partial charge >= 0.3 is 0 Å². The molecule has 2 aromatic heterocycles. The predicted molar refractivity (Wildman–Crippen MR) is 106 cm³/mol. The minimum absolute atomic E-state index is 0. The van der Waals surface area contributed by atoms with Crippen molar-refractivity contribution in [2.75, 3.05) is 33.4 Å². The maximum Gasteiger partial charge on any atom is 0.252 e. The second-order valence-corrected chi connectivity index (χ2v) is 6.67. The van der Waals surface area contributed by atoms with Crippen LogP contribution in [0.25, 0.3) is 11.0 Å². The van der Waals surface area contributed by atoms with Gasteiger partial charge in [-0.2, -0.15) is 5.10 Å². The number of carbonyl (C=O) groups excluding carboxylic acids is 1. The zero-order chi connectivity index (χ0) is 17.2. The molecule has 146 valence electrons. The number of nitrogens with zero attached hydrogens (tertiary/aromatic N) is 3. The third-order valence-electron chi connectivity index (χ3n) is 4.86. The van der Waals surface area contributed by atoms with Gasteiger partial charge in [-0.1, -0.05) is 0 Å². The molecule has 1 saturated heterocycles. The van der Waals surface area contributed by atoms with Gasteiger partial charge in [0.1, 0.15) is 0 Å². The number of nitrogens with one attached hydrogen (secondary N) is 2. The van der Waals surface area contributed by atoms with Crippen molar-refractivity contribution < 1.29 is 9.53 Å². The number of hydrogen-bond acceptors (Lipinski definition) is 5. The SMILES string of the molecule is COCC1(CNC(=O)c2cnc3c(c2)c(C)nn3C)CCNCC1.Cl.Cl. The van der Waals surface area contributed by atoms with Crippen molar-refractivity contribution in [2.24, 2.45) is 12.5 Å². The average Bonchev–Trinajstić information content (AvgIpc) is 2.88. The van der Waals surface area contributed by atoms with Gasteiger partial charge in [0, 0.05) is 37.7 Å². The standard InChI is InChI=1S/C17H25N5O2.2ClH/c1-12-14-8-13(9-19-15(14)22(2)21-12)16(23)20-10-17(11-24-3)4-6-18-7-5-17;;/h8-9,18H,4-7,10-11H2,1-3H3,(H,20,23);2*1H. The van der Waals surface area contributed by atoms with Crippen LogP contribution in [-0.4, -0.2) is 54.0 Å². The summed E-state index contributed by atoms with van der Waals surface area (Å²) in [5.74, 6) is -0.0957. The van der Waals surface area contributed by atoms with E-state index in [4.69, 9.17) is 4.74 Å². The number of ether oxygens (including phenoxy) is 1. The highest BCUT2D eigenvalue weighted by Crippen LogP contribution is 2.28. The van der Waals surface area contributed by atoms with E-state index >= 15 is 0 Å². The Morgan fingerprint density at radius 2 is 2.08 bits per heavy atom. The van der Waals surface area contributed by atoms with Crippen molar-refractivity contribution in [1.82, 2.24) is 25.4 Å². The minimum atomic E-state index is -0.0957. The second-order valence-electron chi connectivity index (χ2n) is 6.67. The first-order valence-corrected chi connectivity index (χ1v) is 8.32. The number of aryl methyl sites for hydroxylation is 2. The Hall–Kier alpha value is -1.41. The molecule has 1 aliphatic heterocycles. The fourth-order valence-electron chi connectivity index (χ4n) is 3.44. The van der Waals surface area contributed by atoms with Crippen LogP contribution in [0.2, 0.25) is 0 Å². The van der Waals surface area contributed by atoms with Crippen LogP contribution in [0.3, 0.4) is 0 Å². The monoisotopic (exact) mass is 403 g/mol. The highest BCUT2D eigenvalue weighted by Gasteiger charge is 2.32. The molecule has 0 radical (unpaired) electrons. The zero-order valence-electron chi connectivity index (χ0n) is 15.4. The molecule has 0 aromatic carbocycles. The van der Waals surface area contributed by atoms with Gasteiger partial charge in [0.15, 0.2) is 5.65 Å². The molecule has 0 unspecified atom stereocenters. The summed E-state index contributed by atoms with van der Waals surface area (Å²) >= 11 is 0. The van der Waals surface area contributed by atoms with Gasteiger partial charge in [0.05, 0.1) is 17.9 Å². The number of piperidine rings is 1. The summed E-state index contributed by atoms with van der Waals surface area (Å²) in [6.07, 6.45) is 3.62. The summed E-state index contributed by atoms with van der Waals surface area (Å²) in [4.78, 5) is 16.9. The second kappa shape index (κ2) is 9.50. The molecular weight excluding hydrogens is 377 g/mol. The molecule has 7 nitrogen and oxygen atoms in total. The van der Waals surface area contributed by atoms with Crippen LogP contribution >= 0.6 is 24.8 Å². The number of aromatic nitrogens is 3. The predicted octanol–water partition coefficient (Wildman–Crippen LogP) is 1.87. The molecule has 26 heavy (non-hydrogen) atoms. The molecule has 0 aliphatic carbocycles. The highest BCUT2D eigenvalue weighted by molar-refractivity contribution is 5.97. The first kappa shape index (κ1) is 22.6. The minimum Gasteiger partial charge on any atom is -0.384 e. The van der Waals surface area contributed by atoms with Gasteiger partial charge in [-0.3, -0.25) is 9.48 Å². The maximum absolute atomic E-state index is 12.6. The van der Waals surface area contributed by atoms with Gasteiger partial charge in [-0.05, 0) is 38.9 Å². The molecule has 3 rings (SSSR count). The van der Waals surface area contributed by atoms with Crippen molar-refractivity contribution in [3.63, 3.8) is 0 Å². The van der Waals surface area contributed by atoms with E-state index in [1.54, 1.807) is 18.0 Å². The van der Waals surface area contributed by atoms with Crippen LogP contribution in [0.1, 0.15) is 28.9 Å². The Kier molecular flexibility index (Phi) is 8.27. The fourth-order valence-corrected chi connectivity index (χ4v) is 3.44. The van der Waals surface area contributed by atoms with Crippen molar-refractivity contribution >= 4 is 41.8 Å². The molecule has 2 N–H and O–H groups in total. The van der Waals surface area contributed by atoms with E-state index in [-0.39, 0.29) is 36.1 Å². The lowest BCUT2D eigenvalue weighted by molar-refractivity contribution is 0.0511. The first-order valence-electron chi connectivity index (χ1n) is 8.32. The van der Waals surface area contributed by atoms with Crippen molar-refractivity contribution in [1.29, 1.82) is 0 Å². The lowest BCUT2D eigenvalue weighted by Gasteiger charge is -2.37. The Morgan fingerprint density at radius 1 is 1.38 bits per heavy atom. The smallest absolute Gasteiger partial charge is 0.252 e. The van der Waals surface area contributed by atoms with Crippen LogP contribution in [0, 0.1) is 12.3 Å². The molecular formula is C17H27Cl2N5O2. The van der Waals surface area contributed by atoms with Crippen LogP contribution in [-0.2, 0) is 11.8 Å². The normalized spacial score (nSPS) is 15.8. The molecule has 0 spiro atoms. The van der Waals surface area contributed by atoms with Crippen LogP contribution in [0.15, 0.2) is 12.3 Å². The molecule has 1 amide bonds. The topological polar surface area (TPSA) is 81.1 Å². The van der Waals surface area contributed by atoms with Crippen molar-refractivity contribution in [3.05, 3.63) is 23.5 Å². The number of fused-ring (bicyclic) bond motifs is 1. The molecule has 2 aromatic rings. The van der Waals surface area contributed by atoms with E-state index in [2.05, 4.69) is 20.7 Å². The molecule has 1 aliphatic rings. The number of pyridine rings is 1. The Bertz CT molecular complexity index is 739. The van der Waals surface area contributed by atoms with Crippen molar-refractivity contribution in [3.8, 4) is 0 Å². The maximum atomic E-state index is 12.6. The van der Waals surface area contributed by atoms with Crippen LogP contribution in [0.4, 0.5) is 0 Å². The number of carbonyl (C=O) groups is 1. The summed E-state index contributed by atoms with van der Waals surface area (Å²) in [6.45, 7) is 5.12. The molecule has 9 heteroatoms. The van der Waals surface area contributed by atoms with Gasteiger partial charge in [0.25, 0.3) is 5.91 Å². The summed E-state index contributed by atoms with van der Waals surface area (Å²) in [7, 11) is 3.57. The molecule has 1 fully saturated rings. The molecule has 0 atom stereocenters. The van der Waals surface area contributed by atoms with Crippen LogP contribution in [0.5, 0.6) is 0 Å². The van der Waals surface area contributed by atoms with E-state index in [1.165, 1.54) is 0 Å². The van der Waals surface area contributed by atoms with E-state index in [9.17, 15) is 4.79 Å². The molecule has 0 bridgehead atoms. The Balaban J connectivity index is 0.00000169. The third-order valence-corrected chi connectivity index (χ3v) is 4.86. The lowest BCUT2D eigenvalue weighted by atomic mass is 9.79. The van der Waals surface area contributed by atoms with E-state index in [1.807, 2.05) is 20.0 Å². The van der Waals surface area contributed by atoms with E-state index < -0.39 is 0 Å². The Labute approximate surface area is 166 Å². The van der Waals surface area contributed by atoms with E-state index in [0.717, 1.165) is 42.7 Å². The van der Waals surface area contributed by atoms with Crippen LogP contribution < -0.4 is 10.6 Å². The number of halogens is 2. The number of amides is 1. The quantitative estimate of drug-likeness (QED) is 0.795.